The van der Waals surface area contributed by atoms with Gasteiger partial charge in [-0.05, 0) is 31.7 Å². The minimum Gasteiger partial charge on any atom is -0.314 e. The van der Waals surface area contributed by atoms with Crippen molar-refractivity contribution in [3.05, 3.63) is 0 Å². The molecule has 0 aromatic carbocycles. The first-order valence-corrected chi connectivity index (χ1v) is 7.77. The van der Waals surface area contributed by atoms with Crippen molar-refractivity contribution in [3.63, 3.8) is 0 Å². The van der Waals surface area contributed by atoms with E-state index in [1.54, 1.807) is 6.26 Å². The molecular weight excluding hydrogens is 206 g/mol. The summed E-state index contributed by atoms with van der Waals surface area (Å²) in [6.07, 6.45) is 8.25. The molecule has 1 N–H and O–H groups in total. The van der Waals surface area contributed by atoms with Crippen LogP contribution in [-0.4, -0.2) is 28.3 Å². The van der Waals surface area contributed by atoms with E-state index in [1.807, 2.05) is 0 Å². The van der Waals surface area contributed by atoms with Crippen LogP contribution in [0.1, 0.15) is 46.0 Å². The lowest BCUT2D eigenvalue weighted by Crippen LogP contribution is -2.35. The summed E-state index contributed by atoms with van der Waals surface area (Å²) < 4.78 is 11.2. The SMILES string of the molecule is CC1CCCC(NCCC(C)S(C)=O)C1. The summed E-state index contributed by atoms with van der Waals surface area (Å²) in [5.74, 6) is 0.883. The van der Waals surface area contributed by atoms with Crippen LogP contribution in [0.2, 0.25) is 0 Å². The van der Waals surface area contributed by atoms with Crippen molar-refractivity contribution >= 4 is 10.8 Å². The second-order valence-electron chi connectivity index (χ2n) is 5.02. The molecular formula is C12H25NOS. The third kappa shape index (κ3) is 5.12. The highest BCUT2D eigenvalue weighted by atomic mass is 32.2. The molecule has 1 rings (SSSR count). The predicted octanol–water partition coefficient (Wildman–Crippen LogP) is 2.31. The highest BCUT2D eigenvalue weighted by Crippen LogP contribution is 2.23. The van der Waals surface area contributed by atoms with Gasteiger partial charge in [0.25, 0.3) is 0 Å². The minimum atomic E-state index is -0.664. The van der Waals surface area contributed by atoms with Crippen LogP contribution < -0.4 is 5.32 Å². The van der Waals surface area contributed by atoms with E-state index in [0.29, 0.717) is 11.3 Å². The van der Waals surface area contributed by atoms with Gasteiger partial charge in [0.2, 0.25) is 0 Å². The van der Waals surface area contributed by atoms with E-state index in [0.717, 1.165) is 18.9 Å². The van der Waals surface area contributed by atoms with Crippen molar-refractivity contribution in [2.75, 3.05) is 12.8 Å². The summed E-state index contributed by atoms with van der Waals surface area (Å²) in [4.78, 5) is 0. The van der Waals surface area contributed by atoms with Crippen molar-refractivity contribution in [2.45, 2.75) is 57.2 Å². The summed E-state index contributed by atoms with van der Waals surface area (Å²) in [7, 11) is -0.664. The predicted molar refractivity (Wildman–Crippen MR) is 67.6 cm³/mol. The zero-order chi connectivity index (χ0) is 11.3. The molecule has 90 valence electrons. The topological polar surface area (TPSA) is 29.1 Å². The molecule has 1 aliphatic rings. The molecule has 4 unspecified atom stereocenters. The van der Waals surface area contributed by atoms with Gasteiger partial charge in [-0.2, -0.15) is 0 Å². The summed E-state index contributed by atoms with van der Waals surface area (Å²) in [6, 6.07) is 0.714. The third-order valence-corrected chi connectivity index (χ3v) is 4.86. The van der Waals surface area contributed by atoms with E-state index in [1.165, 1.54) is 25.7 Å². The van der Waals surface area contributed by atoms with Gasteiger partial charge < -0.3 is 5.32 Å². The maximum absolute atomic E-state index is 11.2. The van der Waals surface area contributed by atoms with Crippen LogP contribution in [0.15, 0.2) is 0 Å². The summed E-state index contributed by atoms with van der Waals surface area (Å²) in [6.45, 7) is 5.44. The van der Waals surface area contributed by atoms with Gasteiger partial charge in [-0.1, -0.05) is 26.7 Å². The van der Waals surface area contributed by atoms with E-state index in [2.05, 4.69) is 19.2 Å². The average Bonchev–Trinajstić information content (AvgIpc) is 2.17. The van der Waals surface area contributed by atoms with Crippen molar-refractivity contribution in [2.24, 2.45) is 5.92 Å². The molecule has 4 atom stereocenters. The maximum atomic E-state index is 11.2. The Balaban J connectivity index is 2.11. The minimum absolute atomic E-state index is 0.332. The van der Waals surface area contributed by atoms with Gasteiger partial charge in [0.1, 0.15) is 0 Å². The van der Waals surface area contributed by atoms with Crippen LogP contribution in [0.3, 0.4) is 0 Å². The summed E-state index contributed by atoms with van der Waals surface area (Å²) in [5.41, 5.74) is 0. The summed E-state index contributed by atoms with van der Waals surface area (Å²) in [5, 5.41) is 3.94. The molecule has 0 amide bonds. The zero-order valence-electron chi connectivity index (χ0n) is 10.3. The smallest absolute Gasteiger partial charge is 0.0329 e. The van der Waals surface area contributed by atoms with E-state index in [4.69, 9.17) is 0 Å². The molecule has 0 aromatic heterocycles. The molecule has 1 saturated carbocycles. The van der Waals surface area contributed by atoms with E-state index < -0.39 is 10.8 Å². The molecule has 0 spiro atoms. The first-order chi connectivity index (χ1) is 7.09. The van der Waals surface area contributed by atoms with Crippen molar-refractivity contribution < 1.29 is 4.21 Å². The molecule has 0 aliphatic heterocycles. The van der Waals surface area contributed by atoms with Gasteiger partial charge in [-0.15, -0.1) is 0 Å². The second kappa shape index (κ2) is 6.64. The fourth-order valence-electron chi connectivity index (χ4n) is 2.28. The average molecular weight is 231 g/mol. The number of nitrogens with one attached hydrogen (secondary N) is 1. The maximum Gasteiger partial charge on any atom is 0.0329 e. The van der Waals surface area contributed by atoms with Gasteiger partial charge >= 0.3 is 0 Å². The fraction of sp³-hybridized carbons (Fsp3) is 1.00. The van der Waals surface area contributed by atoms with Crippen molar-refractivity contribution in [3.8, 4) is 0 Å². The Labute approximate surface area is 96.7 Å². The van der Waals surface area contributed by atoms with Gasteiger partial charge in [-0.25, -0.2) is 0 Å². The molecule has 1 aliphatic carbocycles. The monoisotopic (exact) mass is 231 g/mol. The first kappa shape index (κ1) is 13.2. The lowest BCUT2D eigenvalue weighted by atomic mass is 9.87. The molecule has 0 saturated heterocycles. The van der Waals surface area contributed by atoms with Crippen LogP contribution in [0.4, 0.5) is 0 Å². The largest absolute Gasteiger partial charge is 0.314 e. The number of hydrogen-bond donors (Lipinski definition) is 1. The van der Waals surface area contributed by atoms with E-state index >= 15 is 0 Å². The Kier molecular flexibility index (Phi) is 5.83. The second-order valence-corrected chi connectivity index (χ2v) is 6.82. The molecule has 2 nitrogen and oxygen atoms in total. The standard InChI is InChI=1S/C12H25NOS/c1-10-5-4-6-12(9-10)13-8-7-11(2)15(3)14/h10-13H,4-9H2,1-3H3. The molecule has 0 radical (unpaired) electrons. The van der Waals surface area contributed by atoms with E-state index in [-0.39, 0.29) is 0 Å². The Hall–Kier alpha value is 0.110. The first-order valence-electron chi connectivity index (χ1n) is 6.15. The highest BCUT2D eigenvalue weighted by molar-refractivity contribution is 7.84. The summed E-state index contributed by atoms with van der Waals surface area (Å²) >= 11 is 0. The Morgan fingerprint density at radius 3 is 2.80 bits per heavy atom. The van der Waals surface area contributed by atoms with Gasteiger partial charge in [0.15, 0.2) is 0 Å². The number of rotatable bonds is 5. The molecule has 1 fully saturated rings. The highest BCUT2D eigenvalue weighted by Gasteiger charge is 2.18. The zero-order valence-corrected chi connectivity index (χ0v) is 11.1. The molecule has 3 heteroatoms. The molecule has 0 bridgehead atoms. The van der Waals surface area contributed by atoms with Gasteiger partial charge in [0.05, 0.1) is 0 Å². The Morgan fingerprint density at radius 1 is 1.47 bits per heavy atom. The van der Waals surface area contributed by atoms with Gasteiger partial charge in [-0.3, -0.25) is 4.21 Å². The third-order valence-electron chi connectivity index (χ3n) is 3.49. The van der Waals surface area contributed by atoms with Crippen LogP contribution >= 0.6 is 0 Å². The van der Waals surface area contributed by atoms with Crippen LogP contribution in [0.5, 0.6) is 0 Å². The van der Waals surface area contributed by atoms with E-state index in [9.17, 15) is 4.21 Å². The Bertz CT molecular complexity index is 208. The molecule has 0 aromatic rings. The van der Waals surface area contributed by atoms with Crippen LogP contribution in [-0.2, 0) is 10.8 Å². The fourth-order valence-corrected chi connectivity index (χ4v) is 2.73. The lowest BCUT2D eigenvalue weighted by molar-refractivity contribution is 0.301. The van der Waals surface area contributed by atoms with Crippen molar-refractivity contribution in [1.29, 1.82) is 0 Å². The van der Waals surface area contributed by atoms with Crippen LogP contribution in [0, 0.1) is 5.92 Å². The van der Waals surface area contributed by atoms with Crippen LogP contribution in [0.25, 0.3) is 0 Å². The Morgan fingerprint density at radius 2 is 2.20 bits per heavy atom. The normalized spacial score (nSPS) is 31.1. The van der Waals surface area contributed by atoms with Crippen molar-refractivity contribution in [1.82, 2.24) is 5.32 Å². The molecule has 0 heterocycles. The molecule has 15 heavy (non-hydrogen) atoms. The van der Waals surface area contributed by atoms with Gasteiger partial charge in [0, 0.05) is 28.3 Å². The number of hydrogen-bond acceptors (Lipinski definition) is 2. The lowest BCUT2D eigenvalue weighted by Gasteiger charge is -2.27. The quantitative estimate of drug-likeness (QED) is 0.787.